The molecule has 0 bridgehead atoms. The van der Waals surface area contributed by atoms with E-state index in [1.807, 2.05) is 6.07 Å². The Labute approximate surface area is 127 Å². The predicted molar refractivity (Wildman–Crippen MR) is 79.9 cm³/mol. The van der Waals surface area contributed by atoms with Crippen molar-refractivity contribution in [1.82, 2.24) is 0 Å². The van der Waals surface area contributed by atoms with E-state index in [4.69, 9.17) is 22.1 Å². The first kappa shape index (κ1) is 15.7. The van der Waals surface area contributed by atoms with Crippen molar-refractivity contribution in [3.63, 3.8) is 0 Å². The lowest BCUT2D eigenvalue weighted by Gasteiger charge is -2.17. The Bertz CT molecular complexity index is 634. The highest BCUT2D eigenvalue weighted by molar-refractivity contribution is 6.32. The summed E-state index contributed by atoms with van der Waals surface area (Å²) in [6.07, 6.45) is 0.517. The molecule has 0 aliphatic carbocycles. The topological polar surface area (TPSA) is 35.2 Å². The lowest BCUT2D eigenvalue weighted by Crippen LogP contribution is -2.16. The summed E-state index contributed by atoms with van der Waals surface area (Å²) in [5.74, 6) is -0.836. The molecule has 112 valence electrons. The highest BCUT2D eigenvalue weighted by atomic mass is 35.5. The average Bonchev–Trinajstić information content (AvgIpc) is 2.45. The van der Waals surface area contributed by atoms with Gasteiger partial charge in [0.2, 0.25) is 0 Å². The molecular weight excluding hydrogens is 296 g/mol. The van der Waals surface area contributed by atoms with Crippen molar-refractivity contribution in [2.75, 3.05) is 13.7 Å². The van der Waals surface area contributed by atoms with Gasteiger partial charge in [-0.25, -0.2) is 8.78 Å². The normalized spacial score (nSPS) is 12.2. The van der Waals surface area contributed by atoms with Gasteiger partial charge >= 0.3 is 0 Å². The van der Waals surface area contributed by atoms with Crippen LogP contribution in [0.15, 0.2) is 36.4 Å². The van der Waals surface area contributed by atoms with Crippen LogP contribution in [0.3, 0.4) is 0 Å². The van der Waals surface area contributed by atoms with Crippen molar-refractivity contribution in [2.24, 2.45) is 5.73 Å². The maximum Gasteiger partial charge on any atom is 0.137 e. The summed E-state index contributed by atoms with van der Waals surface area (Å²) in [5, 5.41) is 0.491. The molecule has 0 amide bonds. The van der Waals surface area contributed by atoms with Gasteiger partial charge in [0, 0.05) is 12.0 Å². The molecule has 1 atom stereocenters. The number of benzene rings is 2. The molecule has 2 N–H and O–H groups in total. The number of ether oxygens (including phenoxy) is 1. The zero-order chi connectivity index (χ0) is 15.4. The van der Waals surface area contributed by atoms with Crippen LogP contribution in [-0.2, 0) is 6.42 Å². The fraction of sp³-hybridized carbons (Fsp3) is 0.250. The van der Waals surface area contributed by atoms with Crippen molar-refractivity contribution in [2.45, 2.75) is 12.3 Å². The smallest absolute Gasteiger partial charge is 0.137 e. The average molecular weight is 312 g/mol. The van der Waals surface area contributed by atoms with Gasteiger partial charge in [-0.1, -0.05) is 23.7 Å². The molecule has 0 heterocycles. The highest BCUT2D eigenvalue weighted by Crippen LogP contribution is 2.28. The molecule has 0 spiro atoms. The van der Waals surface area contributed by atoms with Crippen LogP contribution in [-0.4, -0.2) is 13.7 Å². The number of rotatable bonds is 5. The molecule has 2 aromatic rings. The number of hydrogen-bond acceptors (Lipinski definition) is 2. The molecule has 0 saturated heterocycles. The minimum Gasteiger partial charge on any atom is -0.495 e. The highest BCUT2D eigenvalue weighted by Gasteiger charge is 2.16. The molecule has 0 fully saturated rings. The Kier molecular flexibility index (Phi) is 5.15. The van der Waals surface area contributed by atoms with Crippen molar-refractivity contribution < 1.29 is 13.5 Å². The predicted octanol–water partition coefficient (Wildman–Crippen LogP) is 3.91. The molecule has 21 heavy (non-hydrogen) atoms. The van der Waals surface area contributed by atoms with E-state index in [9.17, 15) is 8.78 Å². The van der Waals surface area contributed by atoms with E-state index in [1.165, 1.54) is 19.2 Å². The zero-order valence-electron chi connectivity index (χ0n) is 11.6. The quantitative estimate of drug-likeness (QED) is 0.908. The zero-order valence-corrected chi connectivity index (χ0v) is 12.3. The molecule has 0 aromatic heterocycles. The first-order valence-corrected chi connectivity index (χ1v) is 6.90. The first-order chi connectivity index (χ1) is 10.0. The maximum atomic E-state index is 13.8. The number of nitrogens with two attached hydrogens (primary N) is 1. The van der Waals surface area contributed by atoms with Gasteiger partial charge in [-0.15, -0.1) is 0 Å². The minimum absolute atomic E-state index is 0.241. The molecule has 2 rings (SSSR count). The Hall–Kier alpha value is -1.65. The van der Waals surface area contributed by atoms with Crippen LogP contribution in [0.25, 0.3) is 0 Å². The van der Waals surface area contributed by atoms with Crippen molar-refractivity contribution in [1.29, 1.82) is 0 Å². The summed E-state index contributed by atoms with van der Waals surface area (Å²) in [5.41, 5.74) is 7.06. The van der Waals surface area contributed by atoms with Gasteiger partial charge in [-0.2, -0.15) is 0 Å². The lowest BCUT2D eigenvalue weighted by molar-refractivity contribution is 0.415. The van der Waals surface area contributed by atoms with Crippen LogP contribution in [0, 0.1) is 11.6 Å². The molecule has 0 radical (unpaired) electrons. The molecule has 0 saturated carbocycles. The van der Waals surface area contributed by atoms with E-state index in [-0.39, 0.29) is 12.5 Å². The van der Waals surface area contributed by atoms with Gasteiger partial charge in [-0.3, -0.25) is 0 Å². The van der Waals surface area contributed by atoms with E-state index < -0.39 is 11.6 Å². The van der Waals surface area contributed by atoms with Crippen LogP contribution in [0.4, 0.5) is 8.78 Å². The van der Waals surface area contributed by atoms with E-state index in [0.717, 1.165) is 11.6 Å². The van der Waals surface area contributed by atoms with E-state index in [0.29, 0.717) is 22.8 Å². The number of halogens is 3. The minimum atomic E-state index is -0.598. The Morgan fingerprint density at radius 2 is 1.95 bits per heavy atom. The van der Waals surface area contributed by atoms with Crippen molar-refractivity contribution >= 4 is 11.6 Å². The second-order valence-corrected chi connectivity index (χ2v) is 5.18. The third kappa shape index (κ3) is 3.71. The lowest BCUT2D eigenvalue weighted by atomic mass is 9.91. The largest absolute Gasteiger partial charge is 0.495 e. The van der Waals surface area contributed by atoms with Crippen LogP contribution in [0.5, 0.6) is 5.75 Å². The molecule has 2 aromatic carbocycles. The van der Waals surface area contributed by atoms with E-state index in [1.54, 1.807) is 12.1 Å². The summed E-state index contributed by atoms with van der Waals surface area (Å²) in [7, 11) is 1.54. The maximum absolute atomic E-state index is 13.8. The molecule has 0 aliphatic rings. The Balaban J connectivity index is 2.24. The summed E-state index contributed by atoms with van der Waals surface area (Å²) in [6.45, 7) is 0.256. The number of hydrogen-bond donors (Lipinski definition) is 1. The summed E-state index contributed by atoms with van der Waals surface area (Å²) >= 11 is 6.07. The van der Waals surface area contributed by atoms with Crippen molar-refractivity contribution in [3.05, 3.63) is 64.2 Å². The van der Waals surface area contributed by atoms with Gasteiger partial charge in [0.25, 0.3) is 0 Å². The summed E-state index contributed by atoms with van der Waals surface area (Å²) < 4.78 is 31.9. The standard InChI is InChI=1S/C16H16ClF2NO/c1-21-16-5-2-10(7-14(16)17)6-11(9-20)13-4-3-12(18)8-15(13)19/h2-5,7-8,11H,6,9,20H2,1H3. The van der Waals surface area contributed by atoms with E-state index in [2.05, 4.69) is 0 Å². The molecule has 1 unspecified atom stereocenters. The molecule has 0 aliphatic heterocycles. The second kappa shape index (κ2) is 6.87. The van der Waals surface area contributed by atoms with Gasteiger partial charge in [0.1, 0.15) is 17.4 Å². The van der Waals surface area contributed by atoms with Gasteiger partial charge in [0.15, 0.2) is 0 Å². The SMILES string of the molecule is COc1ccc(CC(CN)c2ccc(F)cc2F)cc1Cl. The van der Waals surface area contributed by atoms with Gasteiger partial charge < -0.3 is 10.5 Å². The third-order valence-electron chi connectivity index (χ3n) is 3.39. The van der Waals surface area contributed by atoms with Crippen LogP contribution >= 0.6 is 11.6 Å². The Morgan fingerprint density at radius 1 is 1.19 bits per heavy atom. The number of methoxy groups -OCH3 is 1. The second-order valence-electron chi connectivity index (χ2n) is 4.77. The molecule has 2 nitrogen and oxygen atoms in total. The fourth-order valence-electron chi connectivity index (χ4n) is 2.27. The van der Waals surface area contributed by atoms with Crippen LogP contribution in [0.2, 0.25) is 5.02 Å². The summed E-state index contributed by atoms with van der Waals surface area (Å²) in [4.78, 5) is 0. The first-order valence-electron chi connectivity index (χ1n) is 6.52. The van der Waals surface area contributed by atoms with Gasteiger partial charge in [0.05, 0.1) is 12.1 Å². The fourth-order valence-corrected chi connectivity index (χ4v) is 2.55. The monoisotopic (exact) mass is 311 g/mol. The van der Waals surface area contributed by atoms with E-state index >= 15 is 0 Å². The van der Waals surface area contributed by atoms with Gasteiger partial charge in [-0.05, 0) is 42.3 Å². The van der Waals surface area contributed by atoms with Crippen molar-refractivity contribution in [3.8, 4) is 5.75 Å². The Morgan fingerprint density at radius 3 is 2.52 bits per heavy atom. The van der Waals surface area contributed by atoms with Crippen LogP contribution < -0.4 is 10.5 Å². The third-order valence-corrected chi connectivity index (χ3v) is 3.68. The molecule has 5 heteroatoms. The van der Waals surface area contributed by atoms with Crippen LogP contribution in [0.1, 0.15) is 17.0 Å². The summed E-state index contributed by atoms with van der Waals surface area (Å²) in [6, 6.07) is 8.93. The molecular formula is C16H16ClF2NO.